The number of nitrogens with zero attached hydrogens (tertiary/aromatic N) is 1. The summed E-state index contributed by atoms with van der Waals surface area (Å²) in [4.78, 5) is 1.93. The van der Waals surface area contributed by atoms with Gasteiger partial charge in [-0.2, -0.15) is 0 Å². The highest BCUT2D eigenvalue weighted by molar-refractivity contribution is 5.29. The predicted molar refractivity (Wildman–Crippen MR) is 82.4 cm³/mol. The van der Waals surface area contributed by atoms with Crippen LogP contribution in [0.1, 0.15) is 17.5 Å². The Labute approximate surface area is 130 Å². The fraction of sp³-hybridized carbons (Fsp3) is 0.647. The van der Waals surface area contributed by atoms with E-state index in [0.29, 0.717) is 12.5 Å². The Hall–Kier alpha value is -0.980. The summed E-state index contributed by atoms with van der Waals surface area (Å²) in [7, 11) is 0. The fourth-order valence-electron chi connectivity index (χ4n) is 3.85. The van der Waals surface area contributed by atoms with Gasteiger partial charge in [0.2, 0.25) is 0 Å². The van der Waals surface area contributed by atoms with Gasteiger partial charge in [0.25, 0.3) is 0 Å². The zero-order chi connectivity index (χ0) is 15.7. The number of aryl methyl sites for hydroxylation is 1. The lowest BCUT2D eigenvalue weighted by Crippen LogP contribution is -2.63. The first-order chi connectivity index (χ1) is 10.6. The Balaban J connectivity index is 1.67. The molecule has 0 saturated carbocycles. The van der Waals surface area contributed by atoms with Crippen LogP contribution < -0.4 is 0 Å². The Morgan fingerprint density at radius 3 is 2.50 bits per heavy atom. The second-order valence-electron chi connectivity index (χ2n) is 6.63. The molecule has 0 amide bonds. The van der Waals surface area contributed by atoms with E-state index in [1.54, 1.807) is 0 Å². The summed E-state index contributed by atoms with van der Waals surface area (Å²) >= 11 is 0. The lowest BCUT2D eigenvalue weighted by Gasteiger charge is -2.44. The van der Waals surface area contributed by atoms with Crippen molar-refractivity contribution in [2.24, 2.45) is 5.92 Å². The summed E-state index contributed by atoms with van der Waals surface area (Å²) in [6.07, 6.45) is -0.148. The van der Waals surface area contributed by atoms with E-state index in [0.717, 1.165) is 25.8 Å². The maximum Gasteiger partial charge on any atom is 0.109 e. The maximum atomic E-state index is 10.1. The fourth-order valence-corrected chi connectivity index (χ4v) is 3.85. The van der Waals surface area contributed by atoms with Crippen molar-refractivity contribution in [2.75, 3.05) is 19.7 Å². The van der Waals surface area contributed by atoms with Crippen LogP contribution >= 0.6 is 0 Å². The predicted octanol–water partition coefficient (Wildman–Crippen LogP) is -0.449. The molecule has 3 rings (SSSR count). The highest BCUT2D eigenvalue weighted by Crippen LogP contribution is 2.28. The Kier molecular flexibility index (Phi) is 4.80. The molecule has 1 saturated heterocycles. The van der Waals surface area contributed by atoms with Crippen LogP contribution in [0.4, 0.5) is 0 Å². The van der Waals surface area contributed by atoms with Crippen molar-refractivity contribution in [3.63, 3.8) is 0 Å². The van der Waals surface area contributed by atoms with Gasteiger partial charge in [-0.15, -0.1) is 0 Å². The molecule has 2 aliphatic rings. The van der Waals surface area contributed by atoms with Gasteiger partial charge in [-0.3, -0.25) is 4.90 Å². The van der Waals surface area contributed by atoms with Crippen molar-refractivity contribution < 1.29 is 20.4 Å². The van der Waals surface area contributed by atoms with Crippen molar-refractivity contribution in [1.82, 2.24) is 4.90 Å². The number of β-amino-alcohol motifs (C(OH)–C–C–N with tert-alkyl or cyclic N) is 1. The first kappa shape index (κ1) is 15.9. The number of fused-ring (bicyclic) bond motifs is 1. The summed E-state index contributed by atoms with van der Waals surface area (Å²) < 4.78 is 0. The number of hydrogen-bond donors (Lipinski definition) is 4. The van der Waals surface area contributed by atoms with Crippen molar-refractivity contribution in [2.45, 2.75) is 43.6 Å². The van der Waals surface area contributed by atoms with Crippen molar-refractivity contribution in [1.29, 1.82) is 0 Å². The summed E-state index contributed by atoms with van der Waals surface area (Å²) in [5, 5.41) is 39.2. The van der Waals surface area contributed by atoms with Crippen LogP contribution in [-0.2, 0) is 12.8 Å². The molecule has 1 aliphatic carbocycles. The number of piperidine rings is 1. The highest BCUT2D eigenvalue weighted by atomic mass is 16.4. The van der Waals surface area contributed by atoms with Crippen LogP contribution in [0.2, 0.25) is 0 Å². The monoisotopic (exact) mass is 307 g/mol. The third kappa shape index (κ3) is 3.05. The molecular formula is C17H25NO4. The summed E-state index contributed by atoms with van der Waals surface area (Å²) in [5.74, 6) is 0.443. The molecular weight excluding hydrogens is 282 g/mol. The molecule has 1 unspecified atom stereocenters. The van der Waals surface area contributed by atoms with E-state index in [1.807, 2.05) is 4.90 Å². The molecule has 22 heavy (non-hydrogen) atoms. The van der Waals surface area contributed by atoms with Gasteiger partial charge in [-0.05, 0) is 36.3 Å². The molecule has 1 aromatic carbocycles. The third-order valence-corrected chi connectivity index (χ3v) is 5.16. The van der Waals surface area contributed by atoms with Crippen LogP contribution in [0.3, 0.4) is 0 Å². The minimum absolute atomic E-state index is 0.214. The minimum atomic E-state index is -1.18. The quantitative estimate of drug-likeness (QED) is 0.608. The molecule has 0 aromatic heterocycles. The average molecular weight is 307 g/mol. The normalized spacial score (nSPS) is 36.1. The van der Waals surface area contributed by atoms with Crippen LogP contribution in [0, 0.1) is 5.92 Å². The Morgan fingerprint density at radius 2 is 1.77 bits per heavy atom. The summed E-state index contributed by atoms with van der Waals surface area (Å²) in [5.41, 5.74) is 2.78. The van der Waals surface area contributed by atoms with Crippen molar-refractivity contribution in [3.8, 4) is 0 Å². The summed E-state index contributed by atoms with van der Waals surface area (Å²) in [6, 6.07) is 7.96. The zero-order valence-corrected chi connectivity index (χ0v) is 12.7. The van der Waals surface area contributed by atoms with Crippen LogP contribution in [0.15, 0.2) is 24.3 Å². The zero-order valence-electron chi connectivity index (χ0n) is 12.7. The molecule has 0 radical (unpaired) electrons. The average Bonchev–Trinajstić information content (AvgIpc) is 2.53. The van der Waals surface area contributed by atoms with Gasteiger partial charge in [0.1, 0.15) is 12.2 Å². The Bertz CT molecular complexity index is 509. The van der Waals surface area contributed by atoms with Gasteiger partial charge in [-0.1, -0.05) is 24.3 Å². The second-order valence-corrected chi connectivity index (χ2v) is 6.63. The minimum Gasteiger partial charge on any atom is -0.395 e. The van der Waals surface area contributed by atoms with E-state index in [9.17, 15) is 20.4 Å². The first-order valence-electron chi connectivity index (χ1n) is 8.06. The maximum absolute atomic E-state index is 10.1. The second kappa shape index (κ2) is 6.64. The molecule has 0 bridgehead atoms. The molecule has 1 heterocycles. The highest BCUT2D eigenvalue weighted by Gasteiger charge is 2.41. The summed E-state index contributed by atoms with van der Waals surface area (Å²) in [6.45, 7) is 0.802. The van der Waals surface area contributed by atoms with Gasteiger partial charge in [0.05, 0.1) is 18.8 Å². The van der Waals surface area contributed by atoms with E-state index >= 15 is 0 Å². The molecule has 4 N–H and O–H groups in total. The molecule has 1 aromatic rings. The number of likely N-dealkylation sites (tertiary alicyclic amines) is 1. The topological polar surface area (TPSA) is 84.2 Å². The molecule has 1 aliphatic heterocycles. The van der Waals surface area contributed by atoms with Gasteiger partial charge in [0.15, 0.2) is 0 Å². The lowest BCUT2D eigenvalue weighted by atomic mass is 9.82. The largest absolute Gasteiger partial charge is 0.395 e. The molecule has 1 fully saturated rings. The molecule has 122 valence electrons. The molecule has 5 heteroatoms. The van der Waals surface area contributed by atoms with Crippen LogP contribution in [-0.4, -0.2) is 69.4 Å². The van der Waals surface area contributed by atoms with E-state index in [2.05, 4.69) is 24.3 Å². The van der Waals surface area contributed by atoms with Gasteiger partial charge < -0.3 is 20.4 Å². The molecule has 5 atom stereocenters. The number of aliphatic hydroxyl groups excluding tert-OH is 4. The molecule has 0 spiro atoms. The number of aliphatic hydroxyl groups is 4. The smallest absolute Gasteiger partial charge is 0.109 e. The first-order valence-corrected chi connectivity index (χ1v) is 8.06. The van der Waals surface area contributed by atoms with Crippen molar-refractivity contribution in [3.05, 3.63) is 35.4 Å². The van der Waals surface area contributed by atoms with Gasteiger partial charge >= 0.3 is 0 Å². The third-order valence-electron chi connectivity index (χ3n) is 5.16. The standard InChI is InChI=1S/C17H25NO4/c19-10-14-16(21)17(22)15(20)9-18(14)8-11-5-6-12-3-1-2-4-13(12)7-11/h1-4,11,14-17,19-22H,5-10H2/t11?,14-,15-,16+,17+/m0/s1. The Morgan fingerprint density at radius 1 is 1.05 bits per heavy atom. The van der Waals surface area contributed by atoms with Gasteiger partial charge in [0, 0.05) is 13.1 Å². The van der Waals surface area contributed by atoms with Crippen LogP contribution in [0.25, 0.3) is 0 Å². The molecule has 5 nitrogen and oxygen atoms in total. The lowest BCUT2D eigenvalue weighted by molar-refractivity contribution is -0.147. The van der Waals surface area contributed by atoms with E-state index < -0.39 is 24.4 Å². The van der Waals surface area contributed by atoms with E-state index in [-0.39, 0.29) is 6.61 Å². The SMILES string of the molecule is OC[C@H]1[C@@H](O)[C@H](O)[C@@H](O)CN1CC1CCc2ccccc2C1. The number of benzene rings is 1. The van der Waals surface area contributed by atoms with E-state index in [4.69, 9.17) is 0 Å². The number of hydrogen-bond acceptors (Lipinski definition) is 5. The van der Waals surface area contributed by atoms with Gasteiger partial charge in [-0.25, -0.2) is 0 Å². The van der Waals surface area contributed by atoms with E-state index in [1.165, 1.54) is 11.1 Å². The van der Waals surface area contributed by atoms with Crippen LogP contribution in [0.5, 0.6) is 0 Å². The van der Waals surface area contributed by atoms with Crippen molar-refractivity contribution >= 4 is 0 Å². The number of rotatable bonds is 3.